The highest BCUT2D eigenvalue weighted by atomic mass is 79.9. The smallest absolute Gasteiger partial charge is 0.292 e. The van der Waals surface area contributed by atoms with Crippen LogP contribution in [0.4, 0.5) is 15.8 Å². The third-order valence-corrected chi connectivity index (χ3v) is 5.80. The van der Waals surface area contributed by atoms with Gasteiger partial charge in [0.05, 0.1) is 38.3 Å². The first-order valence-electron chi connectivity index (χ1n) is 9.00. The number of anilines is 2. The minimum atomic E-state index is -0.327. The van der Waals surface area contributed by atoms with Crippen molar-refractivity contribution in [3.05, 3.63) is 58.8 Å². The van der Waals surface area contributed by atoms with E-state index in [4.69, 9.17) is 0 Å². The van der Waals surface area contributed by atoms with E-state index in [0.717, 1.165) is 41.2 Å². The van der Waals surface area contributed by atoms with E-state index in [-0.39, 0.29) is 30.1 Å². The van der Waals surface area contributed by atoms with Gasteiger partial charge in [-0.15, -0.1) is 0 Å². The van der Waals surface area contributed by atoms with Crippen LogP contribution in [-0.2, 0) is 9.59 Å². The zero-order valence-electron chi connectivity index (χ0n) is 14.7. The number of nitrogens with one attached hydrogen (secondary N) is 1. The molecule has 2 fully saturated rings. The number of halogens is 2. The van der Waals surface area contributed by atoms with Crippen LogP contribution in [0.5, 0.6) is 0 Å². The summed E-state index contributed by atoms with van der Waals surface area (Å²) >= 11 is 3.39. The van der Waals surface area contributed by atoms with Crippen LogP contribution in [0.3, 0.4) is 0 Å². The van der Waals surface area contributed by atoms with Crippen LogP contribution in [0.2, 0.25) is 0 Å². The first kappa shape index (κ1) is 18.1. The third-order valence-electron chi connectivity index (χ3n) is 5.30. The number of rotatable bonds is 3. The number of carbonyl (C=O) groups is 2. The van der Waals surface area contributed by atoms with Crippen molar-refractivity contribution >= 4 is 39.1 Å². The molecular weight excluding hydrogens is 413 g/mol. The van der Waals surface area contributed by atoms with Crippen LogP contribution in [0.25, 0.3) is 0 Å². The summed E-state index contributed by atoms with van der Waals surface area (Å²) in [5, 5.41) is 0. The fourth-order valence-electron chi connectivity index (χ4n) is 3.89. The lowest BCUT2D eigenvalue weighted by atomic mass is 10.1. The number of nitrogens with zero attached hydrogens (tertiary/aromatic N) is 2. The number of hydrogen-bond donors (Lipinski definition) is 1. The molecule has 2 aromatic carbocycles. The summed E-state index contributed by atoms with van der Waals surface area (Å²) < 4.78 is 13.9. The lowest BCUT2D eigenvalue weighted by molar-refractivity contribution is -0.915. The van der Waals surface area contributed by atoms with Crippen molar-refractivity contribution in [1.29, 1.82) is 0 Å². The Morgan fingerprint density at radius 3 is 2.37 bits per heavy atom. The number of benzene rings is 2. The molecule has 0 spiro atoms. The van der Waals surface area contributed by atoms with E-state index >= 15 is 0 Å². The molecule has 140 valence electrons. The highest BCUT2D eigenvalue weighted by Gasteiger charge is 2.46. The normalized spacial score (nSPS) is 21.2. The number of piperazine rings is 1. The molecule has 2 aliphatic rings. The Kier molecular flexibility index (Phi) is 4.97. The third kappa shape index (κ3) is 3.61. The van der Waals surface area contributed by atoms with Gasteiger partial charge in [0, 0.05) is 10.2 Å². The fourth-order valence-corrected chi connectivity index (χ4v) is 4.28. The van der Waals surface area contributed by atoms with Crippen LogP contribution >= 0.6 is 15.9 Å². The second-order valence-corrected chi connectivity index (χ2v) is 7.84. The van der Waals surface area contributed by atoms with Gasteiger partial charge in [0.1, 0.15) is 5.82 Å². The van der Waals surface area contributed by atoms with E-state index in [1.807, 2.05) is 12.1 Å². The highest BCUT2D eigenvalue weighted by molar-refractivity contribution is 9.10. The van der Waals surface area contributed by atoms with Crippen molar-refractivity contribution in [2.24, 2.45) is 0 Å². The van der Waals surface area contributed by atoms with E-state index in [1.165, 1.54) is 17.0 Å². The Balaban J connectivity index is 1.44. The zero-order chi connectivity index (χ0) is 19.0. The first-order valence-corrected chi connectivity index (χ1v) is 9.80. The van der Waals surface area contributed by atoms with E-state index in [2.05, 4.69) is 20.8 Å². The summed E-state index contributed by atoms with van der Waals surface area (Å²) in [6.07, 6.45) is 0.247. The molecule has 1 N–H and O–H groups in total. The molecule has 2 saturated heterocycles. The van der Waals surface area contributed by atoms with Gasteiger partial charge >= 0.3 is 0 Å². The fraction of sp³-hybridized carbons (Fsp3) is 0.300. The van der Waals surface area contributed by atoms with Crippen molar-refractivity contribution < 1.29 is 18.9 Å². The summed E-state index contributed by atoms with van der Waals surface area (Å²) in [6, 6.07) is 13.4. The molecule has 0 bridgehead atoms. The molecule has 1 unspecified atom stereocenters. The monoisotopic (exact) mass is 432 g/mol. The maximum Gasteiger partial charge on any atom is 0.292 e. The number of hydrogen-bond acceptors (Lipinski definition) is 3. The molecule has 2 aliphatic heterocycles. The maximum absolute atomic E-state index is 13.1. The zero-order valence-corrected chi connectivity index (χ0v) is 16.3. The van der Waals surface area contributed by atoms with Crippen LogP contribution in [0.1, 0.15) is 6.42 Å². The summed E-state index contributed by atoms with van der Waals surface area (Å²) in [4.78, 5) is 30.1. The summed E-state index contributed by atoms with van der Waals surface area (Å²) in [5.41, 5.74) is 1.60. The van der Waals surface area contributed by atoms with Gasteiger partial charge in [-0.1, -0.05) is 22.0 Å². The number of quaternary nitrogens is 1. The SMILES string of the molecule is O=C1CC([NH+]2CCN(c3ccc(F)cc3)CC2)C(=O)N1c1cccc(Br)c1. The summed E-state index contributed by atoms with van der Waals surface area (Å²) in [7, 11) is 0. The molecular formula is C20H20BrFN3O2+. The van der Waals surface area contributed by atoms with E-state index in [0.29, 0.717) is 5.69 Å². The Labute approximate surface area is 165 Å². The average Bonchev–Trinajstić information content (AvgIpc) is 2.97. The quantitative estimate of drug-likeness (QED) is 0.749. The number of amides is 2. The lowest BCUT2D eigenvalue weighted by Crippen LogP contribution is -3.19. The minimum absolute atomic E-state index is 0.122. The van der Waals surface area contributed by atoms with Gasteiger partial charge in [-0.3, -0.25) is 9.59 Å². The molecule has 5 nitrogen and oxygen atoms in total. The predicted molar refractivity (Wildman–Crippen MR) is 104 cm³/mol. The van der Waals surface area contributed by atoms with Gasteiger partial charge in [-0.25, -0.2) is 9.29 Å². The van der Waals surface area contributed by atoms with Crippen LogP contribution in [-0.4, -0.2) is 44.0 Å². The molecule has 1 atom stereocenters. The number of imide groups is 1. The van der Waals surface area contributed by atoms with Gasteiger partial charge < -0.3 is 9.80 Å². The van der Waals surface area contributed by atoms with Gasteiger partial charge in [0.2, 0.25) is 5.91 Å². The average molecular weight is 433 g/mol. The van der Waals surface area contributed by atoms with Gasteiger partial charge in [-0.2, -0.15) is 0 Å². The standard InChI is InChI=1S/C20H19BrFN3O2/c21-14-2-1-3-17(12-14)25-19(26)13-18(20(25)27)24-10-8-23(9-11-24)16-6-4-15(22)5-7-16/h1-7,12,18H,8-11,13H2/p+1. The van der Waals surface area contributed by atoms with Crippen molar-refractivity contribution in [1.82, 2.24) is 0 Å². The molecule has 0 radical (unpaired) electrons. The van der Waals surface area contributed by atoms with Gasteiger partial charge in [0.15, 0.2) is 6.04 Å². The Bertz CT molecular complexity index is 866. The topological polar surface area (TPSA) is 45.1 Å². The van der Waals surface area contributed by atoms with Crippen molar-refractivity contribution in [2.45, 2.75) is 12.5 Å². The minimum Gasteiger partial charge on any atom is -0.360 e. The van der Waals surface area contributed by atoms with Gasteiger partial charge in [-0.05, 0) is 42.5 Å². The van der Waals surface area contributed by atoms with Crippen LogP contribution < -0.4 is 14.7 Å². The second kappa shape index (κ2) is 7.40. The van der Waals surface area contributed by atoms with Crippen molar-refractivity contribution in [2.75, 3.05) is 36.0 Å². The molecule has 2 amide bonds. The van der Waals surface area contributed by atoms with Crippen molar-refractivity contribution in [3.8, 4) is 0 Å². The summed E-state index contributed by atoms with van der Waals surface area (Å²) in [6.45, 7) is 3.09. The Hall–Kier alpha value is -2.25. The summed E-state index contributed by atoms with van der Waals surface area (Å²) in [5.74, 6) is -0.509. The maximum atomic E-state index is 13.1. The molecule has 4 rings (SSSR count). The van der Waals surface area contributed by atoms with Crippen molar-refractivity contribution in [3.63, 3.8) is 0 Å². The van der Waals surface area contributed by atoms with E-state index in [9.17, 15) is 14.0 Å². The molecule has 7 heteroatoms. The first-order chi connectivity index (χ1) is 13.0. The Morgan fingerprint density at radius 1 is 1.00 bits per heavy atom. The van der Waals surface area contributed by atoms with Crippen LogP contribution in [0, 0.1) is 5.82 Å². The molecule has 0 aromatic heterocycles. The highest BCUT2D eigenvalue weighted by Crippen LogP contribution is 2.25. The molecule has 0 saturated carbocycles. The lowest BCUT2D eigenvalue weighted by Gasteiger charge is -2.35. The Morgan fingerprint density at radius 2 is 1.70 bits per heavy atom. The van der Waals surface area contributed by atoms with E-state index in [1.54, 1.807) is 24.3 Å². The molecule has 27 heavy (non-hydrogen) atoms. The second-order valence-electron chi connectivity index (χ2n) is 6.93. The molecule has 2 heterocycles. The predicted octanol–water partition coefficient (Wildman–Crippen LogP) is 1.63. The van der Waals surface area contributed by atoms with Crippen LogP contribution in [0.15, 0.2) is 53.0 Å². The van der Waals surface area contributed by atoms with E-state index < -0.39 is 0 Å². The molecule has 0 aliphatic carbocycles. The molecule has 2 aromatic rings. The number of carbonyl (C=O) groups excluding carboxylic acids is 2. The largest absolute Gasteiger partial charge is 0.360 e. The van der Waals surface area contributed by atoms with Gasteiger partial charge in [0.25, 0.3) is 5.91 Å².